The van der Waals surface area contributed by atoms with E-state index in [4.69, 9.17) is 9.84 Å². The fourth-order valence-corrected chi connectivity index (χ4v) is 0.804. The number of nitrogens with zero attached hydrogens (tertiary/aromatic N) is 1. The molecule has 0 amide bonds. The summed E-state index contributed by atoms with van der Waals surface area (Å²) in [6.07, 6.45) is 0.716. The van der Waals surface area contributed by atoms with Crippen molar-refractivity contribution in [1.29, 1.82) is 0 Å². The van der Waals surface area contributed by atoms with Gasteiger partial charge >= 0.3 is 5.97 Å². The Bertz CT molecular complexity index is 311. The van der Waals surface area contributed by atoms with Crippen molar-refractivity contribution < 1.29 is 14.6 Å². The lowest BCUT2D eigenvalue weighted by atomic mass is 10.3. The number of rotatable bonds is 3. The van der Waals surface area contributed by atoms with Crippen LogP contribution >= 0.6 is 0 Å². The molecule has 0 aliphatic rings. The van der Waals surface area contributed by atoms with E-state index in [0.717, 1.165) is 5.56 Å². The van der Waals surface area contributed by atoms with Gasteiger partial charge in [-0.05, 0) is 25.5 Å². The lowest BCUT2D eigenvalue weighted by Gasteiger charge is -2.08. The molecule has 0 spiro atoms. The summed E-state index contributed by atoms with van der Waals surface area (Å²) in [5, 5.41) is 8.56. The van der Waals surface area contributed by atoms with E-state index in [1.807, 2.05) is 13.0 Å². The quantitative estimate of drug-likeness (QED) is 0.762. The fourth-order valence-electron chi connectivity index (χ4n) is 0.804. The number of aromatic nitrogens is 1. The Hall–Kier alpha value is -1.58. The Morgan fingerprint density at radius 2 is 2.38 bits per heavy atom. The van der Waals surface area contributed by atoms with Crippen LogP contribution < -0.4 is 4.74 Å². The summed E-state index contributed by atoms with van der Waals surface area (Å²) < 4.78 is 5.05. The topological polar surface area (TPSA) is 59.4 Å². The van der Waals surface area contributed by atoms with Gasteiger partial charge in [-0.25, -0.2) is 9.78 Å². The largest absolute Gasteiger partial charge is 0.479 e. The number of hydrogen-bond donors (Lipinski definition) is 1. The normalized spacial score (nSPS) is 12.2. The van der Waals surface area contributed by atoms with Crippen LogP contribution in [0.2, 0.25) is 0 Å². The second-order valence-corrected chi connectivity index (χ2v) is 2.77. The highest BCUT2D eigenvalue weighted by Crippen LogP contribution is 2.09. The molecule has 0 aromatic carbocycles. The van der Waals surface area contributed by atoms with Crippen molar-refractivity contribution in [1.82, 2.24) is 4.98 Å². The average molecular weight is 181 g/mol. The third-order valence-corrected chi connectivity index (χ3v) is 1.54. The molecular weight excluding hydrogens is 170 g/mol. The number of carbonyl (C=O) groups is 1. The molecule has 1 heterocycles. The minimum atomic E-state index is -0.997. The number of carboxylic acid groups (broad SMARTS) is 1. The van der Waals surface area contributed by atoms with Gasteiger partial charge in [0.05, 0.1) is 0 Å². The molecule has 1 unspecified atom stereocenters. The standard InChI is InChI=1S/C9H11NO3/c1-6-3-4-10-8(5-6)13-7(2)9(11)12/h3-5,7H,1-2H3,(H,11,12). The Kier molecular flexibility index (Phi) is 2.84. The molecule has 13 heavy (non-hydrogen) atoms. The lowest BCUT2D eigenvalue weighted by Crippen LogP contribution is -2.23. The molecule has 0 aliphatic heterocycles. The van der Waals surface area contributed by atoms with Gasteiger partial charge < -0.3 is 9.84 Å². The molecule has 70 valence electrons. The molecule has 0 saturated heterocycles. The first-order chi connectivity index (χ1) is 6.09. The average Bonchev–Trinajstić information content (AvgIpc) is 2.04. The van der Waals surface area contributed by atoms with Crippen LogP contribution in [0.1, 0.15) is 12.5 Å². The van der Waals surface area contributed by atoms with Crippen LogP contribution in [0, 0.1) is 6.92 Å². The third-order valence-electron chi connectivity index (χ3n) is 1.54. The van der Waals surface area contributed by atoms with E-state index >= 15 is 0 Å². The number of aliphatic carboxylic acids is 1. The number of pyridine rings is 1. The molecule has 1 atom stereocenters. The second-order valence-electron chi connectivity index (χ2n) is 2.77. The third kappa shape index (κ3) is 2.74. The Labute approximate surface area is 76.2 Å². The van der Waals surface area contributed by atoms with Crippen molar-refractivity contribution in [3.05, 3.63) is 23.9 Å². The zero-order chi connectivity index (χ0) is 9.84. The van der Waals surface area contributed by atoms with Crippen molar-refractivity contribution in [3.8, 4) is 5.88 Å². The maximum absolute atomic E-state index is 10.4. The van der Waals surface area contributed by atoms with Crippen LogP contribution in [0.5, 0.6) is 5.88 Å². The summed E-state index contributed by atoms with van der Waals surface area (Å²) in [5.74, 6) is -0.654. The van der Waals surface area contributed by atoms with E-state index < -0.39 is 12.1 Å². The van der Waals surface area contributed by atoms with Crippen molar-refractivity contribution in [3.63, 3.8) is 0 Å². The van der Waals surface area contributed by atoms with Crippen LogP contribution in [-0.2, 0) is 4.79 Å². The highest BCUT2D eigenvalue weighted by atomic mass is 16.5. The van der Waals surface area contributed by atoms with Gasteiger partial charge in [0.25, 0.3) is 0 Å². The molecule has 0 aliphatic carbocycles. The van der Waals surface area contributed by atoms with E-state index in [1.165, 1.54) is 6.92 Å². The van der Waals surface area contributed by atoms with Gasteiger partial charge in [0.15, 0.2) is 6.10 Å². The van der Waals surface area contributed by atoms with Crippen molar-refractivity contribution in [2.75, 3.05) is 0 Å². The smallest absolute Gasteiger partial charge is 0.344 e. The Morgan fingerprint density at radius 1 is 1.69 bits per heavy atom. The molecule has 0 saturated carbocycles. The maximum Gasteiger partial charge on any atom is 0.344 e. The highest BCUT2D eigenvalue weighted by Gasteiger charge is 2.12. The minimum Gasteiger partial charge on any atom is -0.479 e. The molecule has 1 rings (SSSR count). The van der Waals surface area contributed by atoms with Crippen molar-refractivity contribution in [2.45, 2.75) is 20.0 Å². The monoisotopic (exact) mass is 181 g/mol. The predicted octanol–water partition coefficient (Wildman–Crippen LogP) is 1.24. The Balaban J connectivity index is 2.69. The molecule has 1 aromatic rings. The van der Waals surface area contributed by atoms with Crippen LogP contribution in [-0.4, -0.2) is 22.2 Å². The number of ether oxygens (including phenoxy) is 1. The van der Waals surface area contributed by atoms with Gasteiger partial charge in [-0.3, -0.25) is 0 Å². The van der Waals surface area contributed by atoms with E-state index in [2.05, 4.69) is 4.98 Å². The second kappa shape index (κ2) is 3.89. The molecule has 4 heteroatoms. The van der Waals surface area contributed by atoms with Gasteiger partial charge in [0.2, 0.25) is 5.88 Å². The molecule has 1 aromatic heterocycles. The van der Waals surface area contributed by atoms with E-state index in [-0.39, 0.29) is 0 Å². The van der Waals surface area contributed by atoms with Gasteiger partial charge in [-0.1, -0.05) is 0 Å². The van der Waals surface area contributed by atoms with Crippen LogP contribution in [0.15, 0.2) is 18.3 Å². The molecular formula is C9H11NO3. The van der Waals surface area contributed by atoms with Crippen molar-refractivity contribution >= 4 is 5.97 Å². The van der Waals surface area contributed by atoms with Crippen LogP contribution in [0.3, 0.4) is 0 Å². The zero-order valence-corrected chi connectivity index (χ0v) is 7.52. The predicted molar refractivity (Wildman–Crippen MR) is 46.7 cm³/mol. The first kappa shape index (κ1) is 9.51. The van der Waals surface area contributed by atoms with E-state index in [1.54, 1.807) is 12.3 Å². The highest BCUT2D eigenvalue weighted by molar-refractivity contribution is 5.72. The first-order valence-corrected chi connectivity index (χ1v) is 3.91. The van der Waals surface area contributed by atoms with Gasteiger partial charge in [-0.15, -0.1) is 0 Å². The fraction of sp³-hybridized carbons (Fsp3) is 0.333. The number of hydrogen-bond acceptors (Lipinski definition) is 3. The lowest BCUT2D eigenvalue weighted by molar-refractivity contribution is -0.144. The Morgan fingerprint density at radius 3 is 2.92 bits per heavy atom. The number of carboxylic acids is 1. The molecule has 0 radical (unpaired) electrons. The summed E-state index contributed by atoms with van der Waals surface area (Å²) in [5.41, 5.74) is 0.989. The van der Waals surface area contributed by atoms with E-state index in [0.29, 0.717) is 5.88 Å². The molecule has 4 nitrogen and oxygen atoms in total. The van der Waals surface area contributed by atoms with Crippen molar-refractivity contribution in [2.24, 2.45) is 0 Å². The van der Waals surface area contributed by atoms with Crippen LogP contribution in [0.25, 0.3) is 0 Å². The summed E-state index contributed by atoms with van der Waals surface area (Å²) >= 11 is 0. The zero-order valence-electron chi connectivity index (χ0n) is 7.52. The molecule has 0 fully saturated rings. The minimum absolute atomic E-state index is 0.343. The van der Waals surface area contributed by atoms with Crippen LogP contribution in [0.4, 0.5) is 0 Å². The summed E-state index contributed by atoms with van der Waals surface area (Å²) in [6, 6.07) is 3.51. The maximum atomic E-state index is 10.4. The van der Waals surface area contributed by atoms with Gasteiger partial charge in [-0.2, -0.15) is 0 Å². The first-order valence-electron chi connectivity index (χ1n) is 3.91. The SMILES string of the molecule is Cc1ccnc(OC(C)C(=O)O)c1. The summed E-state index contributed by atoms with van der Waals surface area (Å²) in [7, 11) is 0. The molecule has 1 N–H and O–H groups in total. The van der Waals surface area contributed by atoms with E-state index in [9.17, 15) is 4.79 Å². The van der Waals surface area contributed by atoms with Gasteiger partial charge in [0, 0.05) is 12.3 Å². The summed E-state index contributed by atoms with van der Waals surface area (Å²) in [6.45, 7) is 3.35. The molecule has 0 bridgehead atoms. The summed E-state index contributed by atoms with van der Waals surface area (Å²) in [4.78, 5) is 14.3. The van der Waals surface area contributed by atoms with Gasteiger partial charge in [0.1, 0.15) is 0 Å². The number of aryl methyl sites for hydroxylation is 1.